The molecule has 0 aromatic heterocycles. The number of halogens is 1. The van der Waals surface area contributed by atoms with E-state index in [9.17, 15) is 4.39 Å². The van der Waals surface area contributed by atoms with Crippen LogP contribution in [0.25, 0.3) is 0 Å². The molecule has 3 heteroatoms. The van der Waals surface area contributed by atoms with E-state index >= 15 is 0 Å². The first-order valence-corrected chi connectivity index (χ1v) is 6.10. The van der Waals surface area contributed by atoms with Gasteiger partial charge in [-0.1, -0.05) is 25.5 Å². The van der Waals surface area contributed by atoms with E-state index in [4.69, 9.17) is 4.74 Å². The molecule has 1 aromatic carbocycles. The highest BCUT2D eigenvalue weighted by molar-refractivity contribution is 5.27. The smallest absolute Gasteiger partial charge is 0.126 e. The summed E-state index contributed by atoms with van der Waals surface area (Å²) in [7, 11) is 3.63. The number of likely N-dealkylation sites (N-methyl/N-ethyl adjacent to an activating group) is 1. The third kappa shape index (κ3) is 3.51. The molecule has 0 heterocycles. The van der Waals surface area contributed by atoms with Gasteiger partial charge in [0.05, 0.1) is 12.1 Å². The third-order valence-corrected chi connectivity index (χ3v) is 3.10. The zero-order chi connectivity index (χ0) is 12.8. The van der Waals surface area contributed by atoms with Crippen LogP contribution in [-0.4, -0.2) is 20.3 Å². The second-order valence-corrected chi connectivity index (χ2v) is 4.34. The largest absolute Gasteiger partial charge is 0.379 e. The summed E-state index contributed by atoms with van der Waals surface area (Å²) in [5, 5.41) is 3.25. The number of methoxy groups -OCH3 is 1. The van der Waals surface area contributed by atoms with Crippen LogP contribution in [0.2, 0.25) is 0 Å². The van der Waals surface area contributed by atoms with Crippen LogP contribution >= 0.6 is 0 Å². The van der Waals surface area contributed by atoms with Crippen molar-refractivity contribution >= 4 is 0 Å². The highest BCUT2D eigenvalue weighted by Gasteiger charge is 2.21. The quantitative estimate of drug-likeness (QED) is 0.823. The first-order valence-electron chi connectivity index (χ1n) is 6.10. The van der Waals surface area contributed by atoms with Crippen molar-refractivity contribution in [2.45, 2.75) is 38.8 Å². The molecule has 2 atom stereocenters. The van der Waals surface area contributed by atoms with Crippen LogP contribution in [0.5, 0.6) is 0 Å². The average molecular weight is 239 g/mol. The van der Waals surface area contributed by atoms with Crippen molar-refractivity contribution in [3.63, 3.8) is 0 Å². The van der Waals surface area contributed by atoms with Crippen LogP contribution in [0, 0.1) is 12.7 Å². The summed E-state index contributed by atoms with van der Waals surface area (Å²) in [6.07, 6.45) is 2.17. The molecule has 2 unspecified atom stereocenters. The van der Waals surface area contributed by atoms with Gasteiger partial charge in [-0.05, 0) is 37.6 Å². The molecule has 0 aliphatic heterocycles. The van der Waals surface area contributed by atoms with E-state index in [1.807, 2.05) is 19.2 Å². The van der Waals surface area contributed by atoms with E-state index in [1.54, 1.807) is 14.0 Å². The Kier molecular flexibility index (Phi) is 5.59. The molecule has 0 bridgehead atoms. The first-order chi connectivity index (χ1) is 8.13. The van der Waals surface area contributed by atoms with E-state index in [-0.39, 0.29) is 18.0 Å². The molecular formula is C14H22FNO. The maximum absolute atomic E-state index is 13.2. The Morgan fingerprint density at radius 2 is 2.12 bits per heavy atom. The van der Waals surface area contributed by atoms with Gasteiger partial charge < -0.3 is 10.1 Å². The fourth-order valence-corrected chi connectivity index (χ4v) is 2.13. The SMILES string of the molecule is CCCC(OC)C(NC)c1ccc(F)c(C)c1. The zero-order valence-electron chi connectivity index (χ0n) is 11.1. The molecule has 0 fully saturated rings. The summed E-state index contributed by atoms with van der Waals surface area (Å²) in [4.78, 5) is 0. The van der Waals surface area contributed by atoms with Crippen molar-refractivity contribution in [3.05, 3.63) is 35.1 Å². The normalized spacial score (nSPS) is 14.6. The van der Waals surface area contributed by atoms with Gasteiger partial charge in [0.25, 0.3) is 0 Å². The van der Waals surface area contributed by atoms with E-state index in [2.05, 4.69) is 12.2 Å². The van der Waals surface area contributed by atoms with Crippen LogP contribution in [0.15, 0.2) is 18.2 Å². The fraction of sp³-hybridized carbons (Fsp3) is 0.571. The molecule has 0 aliphatic rings. The predicted octanol–water partition coefficient (Wildman–Crippen LogP) is 3.21. The topological polar surface area (TPSA) is 21.3 Å². The average Bonchev–Trinajstić information content (AvgIpc) is 2.33. The lowest BCUT2D eigenvalue weighted by atomic mass is 9.97. The van der Waals surface area contributed by atoms with Crippen molar-refractivity contribution in [3.8, 4) is 0 Å². The summed E-state index contributed by atoms with van der Waals surface area (Å²) in [5.41, 5.74) is 1.75. The molecule has 17 heavy (non-hydrogen) atoms. The lowest BCUT2D eigenvalue weighted by Crippen LogP contribution is -2.31. The predicted molar refractivity (Wildman–Crippen MR) is 68.6 cm³/mol. The van der Waals surface area contributed by atoms with Gasteiger partial charge in [0, 0.05) is 7.11 Å². The number of benzene rings is 1. The molecule has 0 amide bonds. The third-order valence-electron chi connectivity index (χ3n) is 3.10. The molecule has 1 N–H and O–H groups in total. The van der Waals surface area contributed by atoms with E-state index in [1.165, 1.54) is 6.07 Å². The number of nitrogens with one attached hydrogen (secondary N) is 1. The van der Waals surface area contributed by atoms with Gasteiger partial charge in [0.2, 0.25) is 0 Å². The van der Waals surface area contributed by atoms with Crippen LogP contribution in [-0.2, 0) is 4.74 Å². The Morgan fingerprint density at radius 1 is 1.41 bits per heavy atom. The summed E-state index contributed by atoms with van der Waals surface area (Å²) in [6, 6.07) is 5.34. The summed E-state index contributed by atoms with van der Waals surface area (Å²) >= 11 is 0. The summed E-state index contributed by atoms with van der Waals surface area (Å²) in [5.74, 6) is -0.159. The van der Waals surface area contributed by atoms with Crippen LogP contribution in [0.4, 0.5) is 4.39 Å². The number of aryl methyl sites for hydroxylation is 1. The molecule has 0 radical (unpaired) electrons. The Bertz CT molecular complexity index is 354. The van der Waals surface area contributed by atoms with Gasteiger partial charge in [-0.2, -0.15) is 0 Å². The van der Waals surface area contributed by atoms with Gasteiger partial charge in [-0.3, -0.25) is 0 Å². The lowest BCUT2D eigenvalue weighted by Gasteiger charge is -2.26. The molecule has 0 spiro atoms. The molecule has 0 aliphatic carbocycles. The van der Waals surface area contributed by atoms with Crippen molar-refractivity contribution in [2.24, 2.45) is 0 Å². The second kappa shape index (κ2) is 6.72. The number of hydrogen-bond donors (Lipinski definition) is 1. The monoisotopic (exact) mass is 239 g/mol. The maximum atomic E-state index is 13.2. The molecule has 0 saturated heterocycles. The van der Waals surface area contributed by atoms with Crippen LogP contribution in [0.1, 0.15) is 36.9 Å². The van der Waals surface area contributed by atoms with Crippen molar-refractivity contribution in [2.75, 3.05) is 14.2 Å². The highest BCUT2D eigenvalue weighted by Crippen LogP contribution is 2.23. The van der Waals surface area contributed by atoms with Gasteiger partial charge in [-0.25, -0.2) is 4.39 Å². The minimum absolute atomic E-state index is 0.110. The fourth-order valence-electron chi connectivity index (χ4n) is 2.13. The minimum atomic E-state index is -0.159. The Morgan fingerprint density at radius 3 is 2.59 bits per heavy atom. The molecule has 1 aromatic rings. The van der Waals surface area contributed by atoms with Gasteiger partial charge >= 0.3 is 0 Å². The molecule has 1 rings (SSSR count). The molecular weight excluding hydrogens is 217 g/mol. The van der Waals surface area contributed by atoms with Crippen molar-refractivity contribution in [1.82, 2.24) is 5.32 Å². The van der Waals surface area contributed by atoms with Crippen molar-refractivity contribution in [1.29, 1.82) is 0 Å². The van der Waals surface area contributed by atoms with E-state index in [0.29, 0.717) is 5.56 Å². The van der Waals surface area contributed by atoms with Crippen LogP contribution < -0.4 is 5.32 Å². The molecule has 2 nitrogen and oxygen atoms in total. The maximum Gasteiger partial charge on any atom is 0.126 e. The zero-order valence-corrected chi connectivity index (χ0v) is 11.1. The summed E-state index contributed by atoms with van der Waals surface area (Å²) in [6.45, 7) is 3.92. The van der Waals surface area contributed by atoms with Gasteiger partial charge in [0.1, 0.15) is 5.82 Å². The molecule has 0 saturated carbocycles. The second-order valence-electron chi connectivity index (χ2n) is 4.34. The van der Waals surface area contributed by atoms with Gasteiger partial charge in [-0.15, -0.1) is 0 Å². The Labute approximate surface area is 103 Å². The van der Waals surface area contributed by atoms with E-state index in [0.717, 1.165) is 18.4 Å². The highest BCUT2D eigenvalue weighted by atomic mass is 19.1. The number of ether oxygens (including phenoxy) is 1. The number of rotatable bonds is 6. The summed E-state index contributed by atoms with van der Waals surface area (Å²) < 4.78 is 18.8. The molecule has 96 valence electrons. The Balaban J connectivity index is 2.95. The number of hydrogen-bond acceptors (Lipinski definition) is 2. The standard InChI is InChI=1S/C14H22FNO/c1-5-6-13(17-4)14(16-3)11-7-8-12(15)10(2)9-11/h7-9,13-14,16H,5-6H2,1-4H3. The van der Waals surface area contributed by atoms with Gasteiger partial charge in [0.15, 0.2) is 0 Å². The minimum Gasteiger partial charge on any atom is -0.379 e. The van der Waals surface area contributed by atoms with Crippen LogP contribution in [0.3, 0.4) is 0 Å². The Hall–Kier alpha value is -0.930. The first kappa shape index (κ1) is 14.1. The van der Waals surface area contributed by atoms with Crippen molar-refractivity contribution < 1.29 is 9.13 Å². The van der Waals surface area contributed by atoms with E-state index < -0.39 is 0 Å². The lowest BCUT2D eigenvalue weighted by molar-refractivity contribution is 0.0630.